The number of nitrogens with zero attached hydrogens (tertiary/aromatic N) is 1. The molecular weight excluding hydrogens is 330 g/mol. The number of aryl methyl sites for hydroxylation is 3. The van der Waals surface area contributed by atoms with Crippen LogP contribution >= 0.6 is 0 Å². The summed E-state index contributed by atoms with van der Waals surface area (Å²) in [6.45, 7) is 14.3. The van der Waals surface area contributed by atoms with Crippen LogP contribution in [0.1, 0.15) is 39.4 Å². The molecule has 0 saturated heterocycles. The normalized spacial score (nSPS) is 18.4. The van der Waals surface area contributed by atoms with Crippen LogP contribution in [0.5, 0.6) is 0 Å². The highest BCUT2D eigenvalue weighted by molar-refractivity contribution is 5.77. The van der Waals surface area contributed by atoms with Crippen LogP contribution in [-0.2, 0) is 6.42 Å². The Kier molecular flexibility index (Phi) is 4.07. The fourth-order valence-corrected chi connectivity index (χ4v) is 4.09. The van der Waals surface area contributed by atoms with E-state index in [-0.39, 0.29) is 11.8 Å². The number of aliphatic hydroxyl groups excluding tert-OH is 1. The first kappa shape index (κ1) is 17.4. The van der Waals surface area contributed by atoms with Crippen molar-refractivity contribution in [3.63, 3.8) is 0 Å². The lowest BCUT2D eigenvalue weighted by atomic mass is 9.83. The molecule has 0 fully saturated rings. The van der Waals surface area contributed by atoms with Gasteiger partial charge in [0.05, 0.1) is 6.04 Å². The molecule has 0 aromatic heterocycles. The van der Waals surface area contributed by atoms with Crippen molar-refractivity contribution >= 4 is 5.70 Å². The van der Waals surface area contributed by atoms with E-state index in [9.17, 15) is 5.11 Å². The summed E-state index contributed by atoms with van der Waals surface area (Å²) in [7, 11) is 0. The number of hydrogen-bond acceptors (Lipinski definition) is 2. The summed E-state index contributed by atoms with van der Waals surface area (Å²) in [5.41, 5.74) is 10.4. The standard InChI is InChI=1S/C25H25NO/c1-15-7-6-8-20(9-15)24-13-21-10-16(2)17(3)11-22(21)25-12-18(4)23(19(5)27)14-26(24)25/h6-12,14,24,27H,4-5,13H2,1-3H3. The van der Waals surface area contributed by atoms with Gasteiger partial charge in [-0.05, 0) is 67.2 Å². The number of benzene rings is 2. The molecule has 2 aliphatic rings. The molecule has 27 heavy (non-hydrogen) atoms. The Labute approximate surface area is 161 Å². The molecule has 4 rings (SSSR count). The van der Waals surface area contributed by atoms with Crippen molar-refractivity contribution < 1.29 is 5.11 Å². The first-order valence-electron chi connectivity index (χ1n) is 9.31. The number of aliphatic hydroxyl groups is 1. The van der Waals surface area contributed by atoms with Crippen LogP contribution in [0.15, 0.2) is 78.7 Å². The fourth-order valence-electron chi connectivity index (χ4n) is 4.09. The molecule has 2 aromatic rings. The minimum absolute atomic E-state index is 0.0594. The molecule has 0 radical (unpaired) electrons. The first-order valence-corrected chi connectivity index (χ1v) is 9.31. The molecule has 2 heterocycles. The van der Waals surface area contributed by atoms with Gasteiger partial charge in [-0.2, -0.15) is 0 Å². The van der Waals surface area contributed by atoms with Gasteiger partial charge >= 0.3 is 0 Å². The zero-order valence-corrected chi connectivity index (χ0v) is 16.2. The Bertz CT molecular complexity index is 1040. The van der Waals surface area contributed by atoms with Crippen molar-refractivity contribution in [2.75, 3.05) is 0 Å². The summed E-state index contributed by atoms with van der Waals surface area (Å²) in [5.74, 6) is 0.0594. The maximum atomic E-state index is 10.0. The maximum Gasteiger partial charge on any atom is 0.117 e. The van der Waals surface area contributed by atoms with Crippen LogP contribution < -0.4 is 0 Å². The molecule has 1 unspecified atom stereocenters. The summed E-state index contributed by atoms with van der Waals surface area (Å²) in [5, 5.41) is 10.0. The monoisotopic (exact) mass is 355 g/mol. The van der Waals surface area contributed by atoms with Gasteiger partial charge in [0, 0.05) is 23.0 Å². The van der Waals surface area contributed by atoms with Crippen molar-refractivity contribution in [1.82, 2.24) is 4.90 Å². The molecule has 136 valence electrons. The van der Waals surface area contributed by atoms with Gasteiger partial charge in [-0.25, -0.2) is 0 Å². The van der Waals surface area contributed by atoms with Crippen LogP contribution in [0.4, 0.5) is 0 Å². The Morgan fingerprint density at radius 3 is 2.56 bits per heavy atom. The third kappa shape index (κ3) is 2.91. The quantitative estimate of drug-likeness (QED) is 0.660. The second-order valence-corrected chi connectivity index (χ2v) is 7.68. The molecule has 1 atom stereocenters. The average Bonchev–Trinajstić information content (AvgIpc) is 2.62. The summed E-state index contributed by atoms with van der Waals surface area (Å²) in [6, 6.07) is 13.4. The van der Waals surface area contributed by atoms with Crippen molar-refractivity contribution in [3.05, 3.63) is 112 Å². The maximum absolute atomic E-state index is 10.0. The van der Waals surface area contributed by atoms with E-state index in [0.29, 0.717) is 5.57 Å². The highest BCUT2D eigenvalue weighted by Crippen LogP contribution is 2.44. The third-order valence-corrected chi connectivity index (χ3v) is 5.69. The second kappa shape index (κ2) is 6.31. The molecule has 0 saturated carbocycles. The molecule has 0 aliphatic carbocycles. The molecule has 0 bridgehead atoms. The van der Waals surface area contributed by atoms with Crippen LogP contribution in [0.3, 0.4) is 0 Å². The number of rotatable bonds is 2. The lowest BCUT2D eigenvalue weighted by Gasteiger charge is -2.41. The SMILES string of the molecule is C=C(O)C1=CN2C(=CC1=C)c1cc(C)c(C)cc1CC2c1cccc(C)c1. The van der Waals surface area contributed by atoms with E-state index in [1.54, 1.807) is 0 Å². The molecule has 2 nitrogen and oxygen atoms in total. The van der Waals surface area contributed by atoms with E-state index < -0.39 is 0 Å². The van der Waals surface area contributed by atoms with Crippen molar-refractivity contribution in [1.29, 1.82) is 0 Å². The summed E-state index contributed by atoms with van der Waals surface area (Å²) < 4.78 is 0. The van der Waals surface area contributed by atoms with Crippen molar-refractivity contribution in [2.45, 2.75) is 33.2 Å². The number of allylic oxidation sites excluding steroid dienone is 2. The predicted molar refractivity (Wildman–Crippen MR) is 112 cm³/mol. The topological polar surface area (TPSA) is 23.5 Å². The van der Waals surface area contributed by atoms with Gasteiger partial charge in [0.1, 0.15) is 5.76 Å². The predicted octanol–water partition coefficient (Wildman–Crippen LogP) is 6.08. The van der Waals surface area contributed by atoms with Gasteiger partial charge in [0.25, 0.3) is 0 Å². The zero-order chi connectivity index (χ0) is 19.3. The molecular formula is C25H25NO. The smallest absolute Gasteiger partial charge is 0.117 e. The lowest BCUT2D eigenvalue weighted by molar-refractivity contribution is 0.365. The van der Waals surface area contributed by atoms with Gasteiger partial charge in [0.15, 0.2) is 0 Å². The first-order chi connectivity index (χ1) is 12.8. The number of hydrogen-bond donors (Lipinski definition) is 1. The van der Waals surface area contributed by atoms with Gasteiger partial charge in [0.2, 0.25) is 0 Å². The van der Waals surface area contributed by atoms with E-state index in [2.05, 4.69) is 81.3 Å². The summed E-state index contributed by atoms with van der Waals surface area (Å²) in [6.07, 6.45) is 5.00. The molecule has 0 spiro atoms. The molecule has 2 heteroatoms. The molecule has 0 amide bonds. The Morgan fingerprint density at radius 1 is 1.11 bits per heavy atom. The highest BCUT2D eigenvalue weighted by Gasteiger charge is 2.33. The molecule has 2 aromatic carbocycles. The Balaban J connectivity index is 1.93. The van der Waals surface area contributed by atoms with Crippen LogP contribution in [0.2, 0.25) is 0 Å². The average molecular weight is 355 g/mol. The molecule has 1 N–H and O–H groups in total. The summed E-state index contributed by atoms with van der Waals surface area (Å²) >= 11 is 0. The zero-order valence-electron chi connectivity index (χ0n) is 16.2. The van der Waals surface area contributed by atoms with E-state index in [1.807, 2.05) is 6.20 Å². The van der Waals surface area contributed by atoms with Crippen molar-refractivity contribution in [3.8, 4) is 0 Å². The van der Waals surface area contributed by atoms with Crippen LogP contribution in [0, 0.1) is 20.8 Å². The largest absolute Gasteiger partial charge is 0.508 e. The van der Waals surface area contributed by atoms with E-state index in [0.717, 1.165) is 17.7 Å². The third-order valence-electron chi connectivity index (χ3n) is 5.69. The van der Waals surface area contributed by atoms with Gasteiger partial charge in [-0.15, -0.1) is 0 Å². The van der Waals surface area contributed by atoms with Gasteiger partial charge < -0.3 is 10.0 Å². The van der Waals surface area contributed by atoms with Crippen LogP contribution in [0.25, 0.3) is 5.70 Å². The van der Waals surface area contributed by atoms with E-state index in [1.165, 1.54) is 33.4 Å². The second-order valence-electron chi connectivity index (χ2n) is 7.68. The Hall–Kier alpha value is -3.00. The van der Waals surface area contributed by atoms with Crippen LogP contribution in [-0.4, -0.2) is 10.0 Å². The minimum atomic E-state index is 0.0594. The lowest BCUT2D eigenvalue weighted by Crippen LogP contribution is -2.31. The van der Waals surface area contributed by atoms with Crippen molar-refractivity contribution in [2.24, 2.45) is 0 Å². The summed E-state index contributed by atoms with van der Waals surface area (Å²) in [4.78, 5) is 2.28. The van der Waals surface area contributed by atoms with E-state index >= 15 is 0 Å². The Morgan fingerprint density at radius 2 is 1.85 bits per heavy atom. The van der Waals surface area contributed by atoms with E-state index in [4.69, 9.17) is 0 Å². The highest BCUT2D eigenvalue weighted by atomic mass is 16.3. The van der Waals surface area contributed by atoms with Gasteiger partial charge in [-0.1, -0.05) is 49.1 Å². The minimum Gasteiger partial charge on any atom is -0.508 e. The fraction of sp³-hybridized carbons (Fsp3) is 0.200. The molecule has 2 aliphatic heterocycles. The number of fused-ring (bicyclic) bond motifs is 3. The van der Waals surface area contributed by atoms with Gasteiger partial charge in [-0.3, -0.25) is 0 Å².